The predicted molar refractivity (Wildman–Crippen MR) is 80.5 cm³/mol. The summed E-state index contributed by atoms with van der Waals surface area (Å²) in [5.41, 5.74) is 7.14. The van der Waals surface area contributed by atoms with Gasteiger partial charge >= 0.3 is 0 Å². The number of anilines is 2. The normalized spacial score (nSPS) is 10.4. The molecule has 0 aromatic heterocycles. The van der Waals surface area contributed by atoms with Gasteiger partial charge in [-0.05, 0) is 31.2 Å². The number of para-hydroxylation sites is 1. The van der Waals surface area contributed by atoms with E-state index in [1.807, 2.05) is 19.1 Å². The van der Waals surface area contributed by atoms with Crippen molar-refractivity contribution in [2.24, 2.45) is 0 Å². The largest absolute Gasteiger partial charge is 0.399 e. The minimum absolute atomic E-state index is 0.0459. The van der Waals surface area contributed by atoms with E-state index in [0.717, 1.165) is 11.6 Å². The molecule has 0 fully saturated rings. The van der Waals surface area contributed by atoms with Crippen LogP contribution in [0.15, 0.2) is 42.5 Å². The number of nitrogens with one attached hydrogen (secondary N) is 1. The lowest BCUT2D eigenvalue weighted by Crippen LogP contribution is -2.15. The van der Waals surface area contributed by atoms with Crippen molar-refractivity contribution in [1.82, 2.24) is 0 Å². The molecule has 0 aliphatic rings. The van der Waals surface area contributed by atoms with Gasteiger partial charge in [0.15, 0.2) is 0 Å². The molecular weight excluding hydrogens is 271 g/mol. The van der Waals surface area contributed by atoms with E-state index in [1.54, 1.807) is 12.1 Å². The standard InChI is InChI=1S/C16H17FN2O2/c1-2-21-10-11-5-3-4-6-15(11)19-16(20)13-8-7-12(18)9-14(13)17/h3-9H,2,10,18H2,1H3,(H,19,20). The van der Waals surface area contributed by atoms with E-state index in [0.29, 0.717) is 18.9 Å². The number of amides is 1. The number of carbonyl (C=O) groups is 1. The van der Waals surface area contributed by atoms with E-state index < -0.39 is 11.7 Å². The molecule has 0 bridgehead atoms. The second-order valence-electron chi connectivity index (χ2n) is 4.49. The topological polar surface area (TPSA) is 64.3 Å². The van der Waals surface area contributed by atoms with Crippen LogP contribution in [0.2, 0.25) is 0 Å². The Morgan fingerprint density at radius 3 is 2.76 bits per heavy atom. The van der Waals surface area contributed by atoms with Gasteiger partial charge in [0, 0.05) is 23.5 Å². The van der Waals surface area contributed by atoms with Crippen molar-refractivity contribution in [3.63, 3.8) is 0 Å². The predicted octanol–water partition coefficient (Wildman–Crippen LogP) is 3.20. The summed E-state index contributed by atoms with van der Waals surface area (Å²) in [5, 5.41) is 2.70. The molecule has 0 heterocycles. The Hall–Kier alpha value is -2.40. The molecule has 0 radical (unpaired) electrons. The molecule has 2 rings (SSSR count). The third-order valence-electron chi connectivity index (χ3n) is 2.97. The third kappa shape index (κ3) is 3.79. The average Bonchev–Trinajstić information content (AvgIpc) is 2.46. The highest BCUT2D eigenvalue weighted by atomic mass is 19.1. The Morgan fingerprint density at radius 2 is 2.05 bits per heavy atom. The summed E-state index contributed by atoms with van der Waals surface area (Å²) in [4.78, 5) is 12.1. The first-order chi connectivity index (χ1) is 10.1. The summed E-state index contributed by atoms with van der Waals surface area (Å²) in [5.74, 6) is -1.16. The Morgan fingerprint density at radius 1 is 1.29 bits per heavy atom. The highest BCUT2D eigenvalue weighted by Gasteiger charge is 2.13. The number of halogens is 1. The molecule has 1 amide bonds. The molecule has 21 heavy (non-hydrogen) atoms. The maximum atomic E-state index is 13.7. The summed E-state index contributed by atoms with van der Waals surface area (Å²) in [6.07, 6.45) is 0. The number of ether oxygens (including phenoxy) is 1. The van der Waals surface area contributed by atoms with E-state index in [2.05, 4.69) is 5.32 Å². The molecule has 0 atom stereocenters. The van der Waals surface area contributed by atoms with Crippen molar-refractivity contribution in [3.05, 3.63) is 59.4 Å². The van der Waals surface area contributed by atoms with Gasteiger partial charge < -0.3 is 15.8 Å². The minimum atomic E-state index is -0.644. The van der Waals surface area contributed by atoms with E-state index in [-0.39, 0.29) is 11.3 Å². The molecule has 0 spiro atoms. The molecule has 0 saturated carbocycles. The fraction of sp³-hybridized carbons (Fsp3) is 0.188. The molecular formula is C16H17FN2O2. The highest BCUT2D eigenvalue weighted by molar-refractivity contribution is 6.05. The highest BCUT2D eigenvalue weighted by Crippen LogP contribution is 2.19. The maximum absolute atomic E-state index is 13.7. The molecule has 0 aliphatic carbocycles. The molecule has 0 aliphatic heterocycles. The summed E-state index contributed by atoms with van der Waals surface area (Å²) in [6.45, 7) is 2.86. The van der Waals surface area contributed by atoms with E-state index in [1.165, 1.54) is 12.1 Å². The van der Waals surface area contributed by atoms with E-state index in [9.17, 15) is 9.18 Å². The zero-order valence-electron chi connectivity index (χ0n) is 11.7. The summed E-state index contributed by atoms with van der Waals surface area (Å²) < 4.78 is 19.1. The van der Waals surface area contributed by atoms with Gasteiger partial charge in [-0.15, -0.1) is 0 Å². The molecule has 5 heteroatoms. The molecule has 110 valence electrons. The van der Waals surface area contributed by atoms with E-state index >= 15 is 0 Å². The first-order valence-corrected chi connectivity index (χ1v) is 6.64. The smallest absolute Gasteiger partial charge is 0.258 e. The van der Waals surface area contributed by atoms with Crippen LogP contribution in [0.4, 0.5) is 15.8 Å². The number of rotatable bonds is 5. The lowest BCUT2D eigenvalue weighted by atomic mass is 10.1. The molecule has 0 unspecified atom stereocenters. The number of carbonyl (C=O) groups excluding carboxylic acids is 1. The Labute approximate surface area is 122 Å². The van der Waals surface area contributed by atoms with Gasteiger partial charge in [-0.25, -0.2) is 4.39 Å². The first-order valence-electron chi connectivity index (χ1n) is 6.64. The van der Waals surface area contributed by atoms with Crippen LogP contribution in [0.3, 0.4) is 0 Å². The minimum Gasteiger partial charge on any atom is -0.399 e. The molecule has 4 nitrogen and oxygen atoms in total. The van der Waals surface area contributed by atoms with Gasteiger partial charge in [-0.1, -0.05) is 18.2 Å². The van der Waals surface area contributed by atoms with Gasteiger partial charge in [-0.3, -0.25) is 4.79 Å². The number of nitrogen functional groups attached to an aromatic ring is 1. The fourth-order valence-electron chi connectivity index (χ4n) is 1.89. The summed E-state index contributed by atoms with van der Waals surface area (Å²) in [7, 11) is 0. The van der Waals surface area contributed by atoms with Crippen LogP contribution in [0.5, 0.6) is 0 Å². The van der Waals surface area contributed by atoms with Gasteiger partial charge in [0.25, 0.3) is 5.91 Å². The molecule has 0 saturated heterocycles. The van der Waals surface area contributed by atoms with Crippen molar-refractivity contribution in [2.45, 2.75) is 13.5 Å². The zero-order chi connectivity index (χ0) is 15.2. The number of benzene rings is 2. The summed E-state index contributed by atoms with van der Waals surface area (Å²) >= 11 is 0. The lowest BCUT2D eigenvalue weighted by Gasteiger charge is -2.11. The first kappa shape index (κ1) is 15.0. The van der Waals surface area contributed by atoms with Crippen LogP contribution < -0.4 is 11.1 Å². The Balaban J connectivity index is 2.19. The van der Waals surface area contributed by atoms with Crippen LogP contribution in [0, 0.1) is 5.82 Å². The van der Waals surface area contributed by atoms with Gasteiger partial charge in [0.2, 0.25) is 0 Å². The summed E-state index contributed by atoms with van der Waals surface area (Å²) in [6, 6.07) is 11.2. The van der Waals surface area contributed by atoms with Crippen molar-refractivity contribution >= 4 is 17.3 Å². The fourth-order valence-corrected chi connectivity index (χ4v) is 1.89. The maximum Gasteiger partial charge on any atom is 0.258 e. The lowest BCUT2D eigenvalue weighted by molar-refractivity contribution is 0.102. The quantitative estimate of drug-likeness (QED) is 0.830. The molecule has 3 N–H and O–H groups in total. The van der Waals surface area contributed by atoms with Crippen molar-refractivity contribution in [1.29, 1.82) is 0 Å². The van der Waals surface area contributed by atoms with Crippen LogP contribution >= 0.6 is 0 Å². The van der Waals surface area contributed by atoms with Crippen molar-refractivity contribution in [2.75, 3.05) is 17.7 Å². The van der Waals surface area contributed by atoms with Crippen LogP contribution in [0.1, 0.15) is 22.8 Å². The zero-order valence-corrected chi connectivity index (χ0v) is 11.7. The van der Waals surface area contributed by atoms with Gasteiger partial charge in [0.05, 0.1) is 12.2 Å². The Kier molecular flexibility index (Phi) is 4.90. The van der Waals surface area contributed by atoms with Gasteiger partial charge in [0.1, 0.15) is 5.82 Å². The molecule has 2 aromatic rings. The Bertz CT molecular complexity index is 644. The van der Waals surface area contributed by atoms with Crippen LogP contribution in [-0.4, -0.2) is 12.5 Å². The van der Waals surface area contributed by atoms with Crippen LogP contribution in [0.25, 0.3) is 0 Å². The van der Waals surface area contributed by atoms with Gasteiger partial charge in [-0.2, -0.15) is 0 Å². The number of nitrogens with two attached hydrogens (primary N) is 1. The van der Waals surface area contributed by atoms with Crippen molar-refractivity contribution < 1.29 is 13.9 Å². The van der Waals surface area contributed by atoms with E-state index in [4.69, 9.17) is 10.5 Å². The number of hydrogen-bond donors (Lipinski definition) is 2. The second-order valence-corrected chi connectivity index (χ2v) is 4.49. The monoisotopic (exact) mass is 288 g/mol. The van der Waals surface area contributed by atoms with Crippen LogP contribution in [-0.2, 0) is 11.3 Å². The SMILES string of the molecule is CCOCc1ccccc1NC(=O)c1ccc(N)cc1F. The average molecular weight is 288 g/mol. The van der Waals surface area contributed by atoms with Crippen molar-refractivity contribution in [3.8, 4) is 0 Å². The number of hydrogen-bond acceptors (Lipinski definition) is 3. The third-order valence-corrected chi connectivity index (χ3v) is 2.97. The molecule has 2 aromatic carbocycles. The second kappa shape index (κ2) is 6.85.